The summed E-state index contributed by atoms with van der Waals surface area (Å²) in [6.07, 6.45) is 3.97. The summed E-state index contributed by atoms with van der Waals surface area (Å²) in [5, 5.41) is 3.07. The van der Waals surface area contributed by atoms with Crippen molar-refractivity contribution >= 4 is 52.3 Å². The van der Waals surface area contributed by atoms with E-state index in [4.69, 9.17) is 28.2 Å². The Labute approximate surface area is 205 Å². The van der Waals surface area contributed by atoms with E-state index in [-0.39, 0.29) is 5.91 Å². The minimum Gasteiger partial charge on any atom is -0.351 e. The number of alkyl halides is 2. The predicted octanol–water partition coefficient (Wildman–Crippen LogP) is 6.36. The lowest BCUT2D eigenvalue weighted by Gasteiger charge is -2.21. The molecule has 4 nitrogen and oxygen atoms in total. The van der Waals surface area contributed by atoms with Crippen molar-refractivity contribution in [2.24, 2.45) is 4.99 Å². The van der Waals surface area contributed by atoms with Gasteiger partial charge in [-0.3, -0.25) is 9.79 Å². The van der Waals surface area contributed by atoms with Gasteiger partial charge in [-0.25, -0.2) is 0 Å². The molecule has 7 heteroatoms. The van der Waals surface area contributed by atoms with Crippen molar-refractivity contribution in [2.75, 3.05) is 37.9 Å². The second-order valence-corrected chi connectivity index (χ2v) is 9.61. The first kappa shape index (κ1) is 25.1. The molecule has 0 fully saturated rings. The molecule has 1 aliphatic heterocycles. The van der Waals surface area contributed by atoms with Crippen molar-refractivity contribution in [1.29, 1.82) is 0 Å². The molecule has 1 N–H and O–H groups in total. The molecule has 0 aliphatic carbocycles. The highest BCUT2D eigenvalue weighted by atomic mass is 35.5. The largest absolute Gasteiger partial charge is 0.351 e. The molecule has 1 aliphatic rings. The van der Waals surface area contributed by atoms with Crippen LogP contribution in [0.1, 0.15) is 48.5 Å². The monoisotopic (exact) mass is 491 g/mol. The Morgan fingerprint density at radius 3 is 2.62 bits per heavy atom. The number of halogens is 2. The first-order valence-corrected chi connectivity index (χ1v) is 13.2. The molecule has 0 saturated carbocycles. The maximum atomic E-state index is 12.8. The van der Waals surface area contributed by atoms with Gasteiger partial charge in [0.1, 0.15) is 0 Å². The molecule has 0 aromatic heterocycles. The van der Waals surface area contributed by atoms with E-state index in [1.807, 2.05) is 30.3 Å². The maximum absolute atomic E-state index is 12.8. The van der Waals surface area contributed by atoms with Crippen molar-refractivity contribution < 1.29 is 4.79 Å². The number of carbonyl (C=O) groups excluding carboxylic acids is 1. The van der Waals surface area contributed by atoms with Crippen LogP contribution >= 0.6 is 35.0 Å². The van der Waals surface area contributed by atoms with Gasteiger partial charge in [-0.15, -0.1) is 23.2 Å². The zero-order chi connectivity index (χ0) is 22.8. The molecule has 0 spiro atoms. The van der Waals surface area contributed by atoms with Gasteiger partial charge in [-0.05, 0) is 50.2 Å². The summed E-state index contributed by atoms with van der Waals surface area (Å²) < 4.78 is 0. The van der Waals surface area contributed by atoms with Crippen LogP contribution in [0.25, 0.3) is 0 Å². The minimum atomic E-state index is -0.0681. The average Bonchev–Trinajstić information content (AvgIpc) is 2.96. The van der Waals surface area contributed by atoms with Crippen molar-refractivity contribution in [3.05, 3.63) is 53.6 Å². The molecule has 32 heavy (non-hydrogen) atoms. The van der Waals surface area contributed by atoms with E-state index < -0.39 is 0 Å². The van der Waals surface area contributed by atoms with Crippen LogP contribution in [-0.4, -0.2) is 54.5 Å². The molecule has 0 radical (unpaired) electrons. The molecule has 2 aromatic carbocycles. The number of hydrogen-bond acceptors (Lipinski definition) is 4. The lowest BCUT2D eigenvalue weighted by Crippen LogP contribution is -2.36. The fourth-order valence-electron chi connectivity index (χ4n) is 3.66. The van der Waals surface area contributed by atoms with E-state index in [1.54, 1.807) is 11.8 Å². The lowest BCUT2D eigenvalue weighted by molar-refractivity contribution is 0.0948. The Kier molecular flexibility index (Phi) is 10.4. The van der Waals surface area contributed by atoms with Gasteiger partial charge in [0.05, 0.1) is 11.4 Å². The molecule has 172 valence electrons. The van der Waals surface area contributed by atoms with Crippen molar-refractivity contribution in [3.8, 4) is 0 Å². The van der Waals surface area contributed by atoms with Gasteiger partial charge in [0.15, 0.2) is 0 Å². The van der Waals surface area contributed by atoms with E-state index in [1.165, 1.54) is 0 Å². The van der Waals surface area contributed by atoms with E-state index in [9.17, 15) is 4.79 Å². The summed E-state index contributed by atoms with van der Waals surface area (Å²) in [6, 6.07) is 14.0. The van der Waals surface area contributed by atoms with Crippen LogP contribution in [0, 0.1) is 0 Å². The van der Waals surface area contributed by atoms with Crippen molar-refractivity contribution in [3.63, 3.8) is 0 Å². The standard InChI is InChI=1S/C25H31Cl2N3OS/c1-2-3-15-30(16-6-12-26)17-14-28-25(31)19-9-10-24-22(18-19)29-21(11-13-27)20-7-4-5-8-23(20)32-24/h4-5,7-10,18H,2-3,6,11-17H2,1H3,(H,28,31). The van der Waals surface area contributed by atoms with E-state index in [0.29, 0.717) is 30.3 Å². The quantitative estimate of drug-likeness (QED) is 0.351. The van der Waals surface area contributed by atoms with Crippen LogP contribution in [0.5, 0.6) is 0 Å². The van der Waals surface area contributed by atoms with Gasteiger partial charge in [0.2, 0.25) is 0 Å². The van der Waals surface area contributed by atoms with Crippen LogP contribution in [0.15, 0.2) is 57.2 Å². The molecule has 0 unspecified atom stereocenters. The van der Waals surface area contributed by atoms with Gasteiger partial charge in [0.25, 0.3) is 5.91 Å². The number of carbonyl (C=O) groups is 1. The molecular formula is C25H31Cl2N3OS. The molecule has 0 atom stereocenters. The number of rotatable bonds is 12. The zero-order valence-corrected chi connectivity index (χ0v) is 20.9. The second kappa shape index (κ2) is 13.2. The first-order chi connectivity index (χ1) is 15.7. The summed E-state index contributed by atoms with van der Waals surface area (Å²) in [6.45, 7) is 5.64. The summed E-state index contributed by atoms with van der Waals surface area (Å²) in [7, 11) is 0. The number of fused-ring (bicyclic) bond motifs is 2. The van der Waals surface area contributed by atoms with Crippen LogP contribution in [-0.2, 0) is 0 Å². The summed E-state index contributed by atoms with van der Waals surface area (Å²) >= 11 is 13.6. The second-order valence-electron chi connectivity index (χ2n) is 7.77. The Hall–Kier alpha value is -1.53. The highest BCUT2D eigenvalue weighted by Gasteiger charge is 2.18. The maximum Gasteiger partial charge on any atom is 0.251 e. The first-order valence-electron chi connectivity index (χ1n) is 11.3. The van der Waals surface area contributed by atoms with Crippen molar-refractivity contribution in [1.82, 2.24) is 10.2 Å². The normalized spacial score (nSPS) is 12.7. The average molecular weight is 493 g/mol. The molecule has 2 aromatic rings. The molecule has 1 heterocycles. The molecule has 0 bridgehead atoms. The Bertz CT molecular complexity index is 927. The number of aliphatic imine (C=N–C) groups is 1. The predicted molar refractivity (Wildman–Crippen MR) is 138 cm³/mol. The number of benzene rings is 2. The molecular weight excluding hydrogens is 461 g/mol. The lowest BCUT2D eigenvalue weighted by atomic mass is 10.1. The zero-order valence-electron chi connectivity index (χ0n) is 18.6. The van der Waals surface area contributed by atoms with Crippen LogP contribution in [0.3, 0.4) is 0 Å². The fourth-order valence-corrected chi connectivity index (χ4v) is 4.98. The van der Waals surface area contributed by atoms with E-state index >= 15 is 0 Å². The number of hydrogen-bond donors (Lipinski definition) is 1. The Morgan fingerprint density at radius 2 is 1.84 bits per heavy atom. The number of amides is 1. The van der Waals surface area contributed by atoms with Gasteiger partial charge in [-0.2, -0.15) is 0 Å². The van der Waals surface area contributed by atoms with E-state index in [0.717, 1.165) is 65.7 Å². The number of nitrogens with one attached hydrogen (secondary N) is 1. The van der Waals surface area contributed by atoms with Crippen LogP contribution in [0.2, 0.25) is 0 Å². The van der Waals surface area contributed by atoms with Crippen LogP contribution in [0.4, 0.5) is 5.69 Å². The number of unbranched alkanes of at least 4 members (excludes halogenated alkanes) is 1. The topological polar surface area (TPSA) is 44.7 Å². The van der Waals surface area contributed by atoms with E-state index in [2.05, 4.69) is 29.3 Å². The molecule has 1 amide bonds. The van der Waals surface area contributed by atoms with Gasteiger partial charge < -0.3 is 10.2 Å². The summed E-state index contributed by atoms with van der Waals surface area (Å²) in [5.41, 5.74) is 3.53. The SMILES string of the molecule is CCCCN(CCCCl)CCNC(=O)c1ccc2c(c1)N=C(CCCl)c1ccccc1S2. The van der Waals surface area contributed by atoms with Gasteiger partial charge in [0, 0.05) is 52.2 Å². The third-order valence-electron chi connectivity index (χ3n) is 5.38. The van der Waals surface area contributed by atoms with Gasteiger partial charge >= 0.3 is 0 Å². The smallest absolute Gasteiger partial charge is 0.251 e. The minimum absolute atomic E-state index is 0.0681. The highest BCUT2D eigenvalue weighted by molar-refractivity contribution is 7.99. The fraction of sp³-hybridized carbons (Fsp3) is 0.440. The third-order valence-corrected chi connectivity index (χ3v) is 6.97. The molecule has 3 rings (SSSR count). The highest BCUT2D eigenvalue weighted by Crippen LogP contribution is 2.41. The van der Waals surface area contributed by atoms with Gasteiger partial charge in [-0.1, -0.05) is 43.3 Å². The van der Waals surface area contributed by atoms with Crippen molar-refractivity contribution in [2.45, 2.75) is 42.4 Å². The Balaban J connectivity index is 1.69. The third kappa shape index (κ3) is 6.98. The summed E-state index contributed by atoms with van der Waals surface area (Å²) in [5.74, 6) is 1.10. The number of nitrogens with zero attached hydrogens (tertiary/aromatic N) is 2. The Morgan fingerprint density at radius 1 is 1.03 bits per heavy atom. The van der Waals surface area contributed by atoms with Crippen LogP contribution < -0.4 is 5.32 Å². The summed E-state index contributed by atoms with van der Waals surface area (Å²) in [4.78, 5) is 22.3. The molecule has 0 saturated heterocycles.